The minimum atomic E-state index is 0.575. The molecule has 0 aliphatic rings. The van der Waals surface area contributed by atoms with Crippen molar-refractivity contribution in [2.24, 2.45) is 11.1 Å². The van der Waals surface area contributed by atoms with E-state index in [2.05, 4.69) is 20.8 Å². The highest BCUT2D eigenvalue weighted by molar-refractivity contribution is 4.74. The van der Waals surface area contributed by atoms with Crippen molar-refractivity contribution in [2.75, 3.05) is 6.54 Å². The fourth-order valence-electron chi connectivity index (χ4n) is 2.11. The van der Waals surface area contributed by atoms with Gasteiger partial charge in [-0.2, -0.15) is 0 Å². The summed E-state index contributed by atoms with van der Waals surface area (Å²) in [7, 11) is 0. The van der Waals surface area contributed by atoms with Crippen molar-refractivity contribution in [1.29, 1.82) is 0 Å². The lowest BCUT2D eigenvalue weighted by Crippen LogP contribution is -2.18. The summed E-state index contributed by atoms with van der Waals surface area (Å²) >= 11 is 0. The minimum absolute atomic E-state index is 0.575. The molecule has 0 atom stereocenters. The maximum Gasteiger partial charge on any atom is -0.00771 e. The van der Waals surface area contributed by atoms with Crippen LogP contribution in [-0.2, 0) is 0 Å². The number of hydrogen-bond donors (Lipinski definition) is 1. The second-order valence-corrected chi connectivity index (χ2v) is 4.91. The highest BCUT2D eigenvalue weighted by Gasteiger charge is 2.21. The van der Waals surface area contributed by atoms with E-state index in [0.29, 0.717) is 5.41 Å². The standard InChI is InChI=1S/C13H29N/c1-4-6-9-13(3,10-7-5-2)11-8-12-14/h4-12,14H2,1-3H3. The Labute approximate surface area is 90.5 Å². The number of rotatable bonds is 9. The fraction of sp³-hybridized carbons (Fsp3) is 1.00. The minimum Gasteiger partial charge on any atom is -0.330 e. The van der Waals surface area contributed by atoms with Gasteiger partial charge in [0.2, 0.25) is 0 Å². The number of hydrogen-bond acceptors (Lipinski definition) is 1. The summed E-state index contributed by atoms with van der Waals surface area (Å²) in [6.07, 6.45) is 10.7. The van der Waals surface area contributed by atoms with E-state index in [-0.39, 0.29) is 0 Å². The summed E-state index contributed by atoms with van der Waals surface area (Å²) in [5.41, 5.74) is 6.17. The highest BCUT2D eigenvalue weighted by atomic mass is 14.5. The van der Waals surface area contributed by atoms with Gasteiger partial charge in [-0.05, 0) is 37.6 Å². The Morgan fingerprint density at radius 1 is 0.857 bits per heavy atom. The predicted molar refractivity (Wildman–Crippen MR) is 65.4 cm³/mol. The lowest BCUT2D eigenvalue weighted by atomic mass is 9.76. The number of nitrogens with two attached hydrogens (primary N) is 1. The zero-order valence-corrected chi connectivity index (χ0v) is 10.4. The van der Waals surface area contributed by atoms with Crippen molar-refractivity contribution in [3.8, 4) is 0 Å². The molecule has 0 bridgehead atoms. The molecule has 0 amide bonds. The SMILES string of the molecule is CCCCC(C)(CCCC)CCCN. The van der Waals surface area contributed by atoms with Crippen LogP contribution in [0, 0.1) is 5.41 Å². The quantitative estimate of drug-likeness (QED) is 0.594. The van der Waals surface area contributed by atoms with Gasteiger partial charge in [0, 0.05) is 0 Å². The molecular weight excluding hydrogens is 170 g/mol. The summed E-state index contributed by atoms with van der Waals surface area (Å²) in [5.74, 6) is 0. The van der Waals surface area contributed by atoms with Crippen LogP contribution in [0.5, 0.6) is 0 Å². The van der Waals surface area contributed by atoms with Crippen molar-refractivity contribution in [3.63, 3.8) is 0 Å². The molecule has 1 heteroatoms. The average molecular weight is 199 g/mol. The van der Waals surface area contributed by atoms with Gasteiger partial charge < -0.3 is 5.73 Å². The van der Waals surface area contributed by atoms with Gasteiger partial charge in [-0.3, -0.25) is 0 Å². The van der Waals surface area contributed by atoms with Gasteiger partial charge in [0.25, 0.3) is 0 Å². The highest BCUT2D eigenvalue weighted by Crippen LogP contribution is 2.35. The van der Waals surface area contributed by atoms with Gasteiger partial charge >= 0.3 is 0 Å². The van der Waals surface area contributed by atoms with Crippen molar-refractivity contribution in [2.45, 2.75) is 72.1 Å². The predicted octanol–water partition coefficient (Wildman–Crippen LogP) is 4.11. The molecule has 1 nitrogen and oxygen atoms in total. The third kappa shape index (κ3) is 6.42. The Bertz CT molecular complexity index is 98.6. The van der Waals surface area contributed by atoms with Crippen LogP contribution in [0.25, 0.3) is 0 Å². The first-order valence-electron chi connectivity index (χ1n) is 6.38. The van der Waals surface area contributed by atoms with Crippen molar-refractivity contribution < 1.29 is 0 Å². The molecule has 86 valence electrons. The van der Waals surface area contributed by atoms with Crippen LogP contribution in [0.1, 0.15) is 72.1 Å². The molecule has 0 fully saturated rings. The van der Waals surface area contributed by atoms with E-state index in [4.69, 9.17) is 5.73 Å². The Balaban J connectivity index is 3.89. The van der Waals surface area contributed by atoms with Gasteiger partial charge in [-0.25, -0.2) is 0 Å². The molecule has 0 aromatic carbocycles. The van der Waals surface area contributed by atoms with Crippen LogP contribution in [0.15, 0.2) is 0 Å². The van der Waals surface area contributed by atoms with Crippen molar-refractivity contribution >= 4 is 0 Å². The summed E-state index contributed by atoms with van der Waals surface area (Å²) in [6.45, 7) is 7.87. The zero-order valence-electron chi connectivity index (χ0n) is 10.4. The molecule has 0 aromatic rings. The summed E-state index contributed by atoms with van der Waals surface area (Å²) in [5, 5.41) is 0. The van der Waals surface area contributed by atoms with Crippen LogP contribution in [0.4, 0.5) is 0 Å². The molecule has 0 saturated carbocycles. The molecule has 0 radical (unpaired) electrons. The lowest BCUT2D eigenvalue weighted by Gasteiger charge is -2.29. The molecule has 0 aliphatic heterocycles. The van der Waals surface area contributed by atoms with Gasteiger partial charge in [0.15, 0.2) is 0 Å². The third-order valence-corrected chi connectivity index (χ3v) is 3.25. The Kier molecular flexibility index (Phi) is 8.26. The van der Waals surface area contributed by atoms with E-state index in [1.165, 1.54) is 51.4 Å². The zero-order chi connectivity index (χ0) is 10.9. The van der Waals surface area contributed by atoms with E-state index >= 15 is 0 Å². The summed E-state index contributed by atoms with van der Waals surface area (Å²) in [4.78, 5) is 0. The topological polar surface area (TPSA) is 26.0 Å². The maximum absolute atomic E-state index is 5.59. The molecular formula is C13H29N. The van der Waals surface area contributed by atoms with Crippen LogP contribution >= 0.6 is 0 Å². The first-order chi connectivity index (χ1) is 6.68. The Morgan fingerprint density at radius 3 is 1.64 bits per heavy atom. The van der Waals surface area contributed by atoms with Crippen LogP contribution < -0.4 is 5.73 Å². The van der Waals surface area contributed by atoms with E-state index in [9.17, 15) is 0 Å². The molecule has 0 aliphatic carbocycles. The molecule has 0 aromatic heterocycles. The fourth-order valence-corrected chi connectivity index (χ4v) is 2.11. The van der Waals surface area contributed by atoms with E-state index in [1.54, 1.807) is 0 Å². The second kappa shape index (κ2) is 8.28. The van der Waals surface area contributed by atoms with Gasteiger partial charge in [0.1, 0.15) is 0 Å². The number of unbranched alkanes of at least 4 members (excludes halogenated alkanes) is 2. The maximum atomic E-state index is 5.59. The Hall–Kier alpha value is -0.0400. The second-order valence-electron chi connectivity index (χ2n) is 4.91. The first-order valence-corrected chi connectivity index (χ1v) is 6.38. The van der Waals surface area contributed by atoms with E-state index < -0.39 is 0 Å². The molecule has 0 rings (SSSR count). The molecule has 0 spiro atoms. The van der Waals surface area contributed by atoms with Crippen LogP contribution in [-0.4, -0.2) is 6.54 Å². The Morgan fingerprint density at radius 2 is 1.29 bits per heavy atom. The van der Waals surface area contributed by atoms with Gasteiger partial charge in [0.05, 0.1) is 0 Å². The van der Waals surface area contributed by atoms with Crippen molar-refractivity contribution in [3.05, 3.63) is 0 Å². The van der Waals surface area contributed by atoms with Crippen molar-refractivity contribution in [1.82, 2.24) is 0 Å². The van der Waals surface area contributed by atoms with Crippen LogP contribution in [0.3, 0.4) is 0 Å². The third-order valence-electron chi connectivity index (χ3n) is 3.25. The van der Waals surface area contributed by atoms with Gasteiger partial charge in [-0.15, -0.1) is 0 Å². The van der Waals surface area contributed by atoms with E-state index in [1.807, 2.05) is 0 Å². The van der Waals surface area contributed by atoms with Gasteiger partial charge in [-0.1, -0.05) is 46.5 Å². The normalized spacial score (nSPS) is 12.0. The van der Waals surface area contributed by atoms with E-state index in [0.717, 1.165) is 6.54 Å². The molecule has 2 N–H and O–H groups in total. The smallest absolute Gasteiger partial charge is 0.00771 e. The molecule has 0 saturated heterocycles. The molecule has 0 heterocycles. The largest absolute Gasteiger partial charge is 0.330 e. The van der Waals surface area contributed by atoms with Crippen LogP contribution in [0.2, 0.25) is 0 Å². The molecule has 0 unspecified atom stereocenters. The average Bonchev–Trinajstić information content (AvgIpc) is 2.21. The first kappa shape index (κ1) is 14.0. The monoisotopic (exact) mass is 199 g/mol. The summed E-state index contributed by atoms with van der Waals surface area (Å²) in [6, 6.07) is 0. The summed E-state index contributed by atoms with van der Waals surface area (Å²) < 4.78 is 0. The lowest BCUT2D eigenvalue weighted by molar-refractivity contribution is 0.231. The molecule has 14 heavy (non-hydrogen) atoms.